The molecule has 1 aliphatic rings. The normalized spacial score (nSPS) is 15.9. The quantitative estimate of drug-likeness (QED) is 0.427. The summed E-state index contributed by atoms with van der Waals surface area (Å²) in [6.07, 6.45) is 5.12. The van der Waals surface area contributed by atoms with E-state index >= 15 is 0 Å². The SMILES string of the molecule is CC(C)(C)OC(=O)N1CCN(C(N)=NCCn2ccnc2)CC1.I. The second-order valence-corrected chi connectivity index (χ2v) is 6.49. The molecule has 2 N–H and O–H groups in total. The molecule has 0 saturated carbocycles. The highest BCUT2D eigenvalue weighted by Gasteiger charge is 2.26. The van der Waals surface area contributed by atoms with Crippen LogP contribution in [0.4, 0.5) is 4.79 Å². The van der Waals surface area contributed by atoms with Crippen molar-refractivity contribution in [3.63, 3.8) is 0 Å². The molecule has 1 aromatic heterocycles. The molecule has 0 aliphatic carbocycles. The first-order valence-electron chi connectivity index (χ1n) is 7.84. The summed E-state index contributed by atoms with van der Waals surface area (Å²) < 4.78 is 7.33. The number of nitrogens with zero attached hydrogens (tertiary/aromatic N) is 5. The highest BCUT2D eigenvalue weighted by molar-refractivity contribution is 14.0. The zero-order valence-electron chi connectivity index (χ0n) is 14.5. The molecular weight excluding hydrogens is 423 g/mol. The van der Waals surface area contributed by atoms with Gasteiger partial charge in [0.25, 0.3) is 0 Å². The number of rotatable bonds is 3. The zero-order valence-corrected chi connectivity index (χ0v) is 16.8. The molecule has 1 amide bonds. The number of hydrogen-bond donors (Lipinski definition) is 1. The number of ether oxygens (including phenoxy) is 1. The van der Waals surface area contributed by atoms with Gasteiger partial charge < -0.3 is 24.8 Å². The molecule has 0 radical (unpaired) electrons. The van der Waals surface area contributed by atoms with Crippen molar-refractivity contribution in [3.8, 4) is 0 Å². The molecule has 2 heterocycles. The number of aliphatic imine (C=N–C) groups is 1. The van der Waals surface area contributed by atoms with Gasteiger partial charge in [-0.25, -0.2) is 9.78 Å². The molecule has 0 spiro atoms. The minimum absolute atomic E-state index is 0. The van der Waals surface area contributed by atoms with Crippen LogP contribution in [-0.2, 0) is 11.3 Å². The fraction of sp³-hybridized carbons (Fsp3) is 0.667. The molecule has 0 bridgehead atoms. The van der Waals surface area contributed by atoms with Gasteiger partial charge in [-0.05, 0) is 20.8 Å². The second-order valence-electron chi connectivity index (χ2n) is 6.49. The summed E-state index contributed by atoms with van der Waals surface area (Å²) >= 11 is 0. The molecule has 1 fully saturated rings. The fourth-order valence-electron chi connectivity index (χ4n) is 2.24. The number of halogens is 1. The topological polar surface area (TPSA) is 89.0 Å². The molecule has 9 heteroatoms. The molecule has 24 heavy (non-hydrogen) atoms. The van der Waals surface area contributed by atoms with Crippen LogP contribution in [-0.4, -0.2) is 69.7 Å². The third-order valence-corrected chi connectivity index (χ3v) is 3.45. The van der Waals surface area contributed by atoms with E-state index in [0.717, 1.165) is 6.54 Å². The third-order valence-electron chi connectivity index (χ3n) is 3.45. The maximum Gasteiger partial charge on any atom is 0.410 e. The van der Waals surface area contributed by atoms with Gasteiger partial charge >= 0.3 is 6.09 Å². The summed E-state index contributed by atoms with van der Waals surface area (Å²) in [5.74, 6) is 0.522. The highest BCUT2D eigenvalue weighted by Crippen LogP contribution is 2.11. The predicted octanol–water partition coefficient (Wildman–Crippen LogP) is 1.37. The standard InChI is InChI=1S/C15H26N6O2.HI/c1-15(2,3)23-14(22)21-10-8-20(9-11-21)13(16)18-5-7-19-6-4-17-12-19;/h4,6,12H,5,7-11H2,1-3H3,(H2,16,18);1H. The molecule has 0 aromatic carbocycles. The zero-order chi connectivity index (χ0) is 16.9. The van der Waals surface area contributed by atoms with Gasteiger partial charge in [0.15, 0.2) is 5.96 Å². The van der Waals surface area contributed by atoms with Gasteiger partial charge in [0.05, 0.1) is 12.9 Å². The molecule has 8 nitrogen and oxygen atoms in total. The fourth-order valence-corrected chi connectivity index (χ4v) is 2.24. The van der Waals surface area contributed by atoms with Gasteiger partial charge in [0.2, 0.25) is 0 Å². The van der Waals surface area contributed by atoms with Crippen molar-refractivity contribution < 1.29 is 9.53 Å². The third kappa shape index (κ3) is 6.54. The Balaban J connectivity index is 0.00000288. The van der Waals surface area contributed by atoms with Crippen molar-refractivity contribution in [2.24, 2.45) is 10.7 Å². The van der Waals surface area contributed by atoms with Crippen LogP contribution < -0.4 is 5.73 Å². The van der Waals surface area contributed by atoms with E-state index in [1.54, 1.807) is 17.4 Å². The number of imidazole rings is 1. The van der Waals surface area contributed by atoms with E-state index < -0.39 is 5.60 Å². The van der Waals surface area contributed by atoms with E-state index in [1.807, 2.05) is 36.4 Å². The van der Waals surface area contributed by atoms with Crippen molar-refractivity contribution in [2.75, 3.05) is 32.7 Å². The van der Waals surface area contributed by atoms with Crippen molar-refractivity contribution in [1.82, 2.24) is 19.4 Å². The van der Waals surface area contributed by atoms with Crippen LogP contribution in [0.25, 0.3) is 0 Å². The first kappa shape index (κ1) is 20.5. The molecule has 0 atom stereocenters. The van der Waals surface area contributed by atoms with E-state index in [4.69, 9.17) is 10.5 Å². The maximum atomic E-state index is 12.0. The Morgan fingerprint density at radius 3 is 2.42 bits per heavy atom. The van der Waals surface area contributed by atoms with E-state index in [9.17, 15) is 4.79 Å². The van der Waals surface area contributed by atoms with Gasteiger partial charge in [-0.15, -0.1) is 24.0 Å². The van der Waals surface area contributed by atoms with Crippen molar-refractivity contribution >= 4 is 36.0 Å². The monoisotopic (exact) mass is 450 g/mol. The van der Waals surface area contributed by atoms with Crippen LogP contribution in [0.2, 0.25) is 0 Å². The Morgan fingerprint density at radius 1 is 1.25 bits per heavy atom. The molecular formula is C15H27IN6O2. The van der Waals surface area contributed by atoms with Crippen LogP contribution in [0, 0.1) is 0 Å². The number of piperazine rings is 1. The Hall–Kier alpha value is -1.52. The van der Waals surface area contributed by atoms with Gasteiger partial charge in [-0.1, -0.05) is 0 Å². The van der Waals surface area contributed by atoms with Crippen molar-refractivity contribution in [1.29, 1.82) is 0 Å². The average molecular weight is 450 g/mol. The summed E-state index contributed by atoms with van der Waals surface area (Å²) in [6, 6.07) is 0. The number of hydrogen-bond acceptors (Lipinski definition) is 4. The van der Waals surface area contributed by atoms with Gasteiger partial charge in [-0.3, -0.25) is 4.99 Å². The lowest BCUT2D eigenvalue weighted by Crippen LogP contribution is -2.53. The van der Waals surface area contributed by atoms with E-state index in [2.05, 4.69) is 9.98 Å². The molecule has 1 saturated heterocycles. The number of nitrogens with two attached hydrogens (primary N) is 1. The van der Waals surface area contributed by atoms with Crippen LogP contribution in [0.15, 0.2) is 23.7 Å². The first-order valence-corrected chi connectivity index (χ1v) is 7.84. The van der Waals surface area contributed by atoms with Gasteiger partial charge in [0, 0.05) is 45.1 Å². The summed E-state index contributed by atoms with van der Waals surface area (Å²) in [5, 5.41) is 0. The van der Waals surface area contributed by atoms with Gasteiger partial charge in [0.1, 0.15) is 5.60 Å². The highest BCUT2D eigenvalue weighted by atomic mass is 127. The lowest BCUT2D eigenvalue weighted by atomic mass is 10.2. The van der Waals surface area contributed by atoms with Crippen molar-refractivity contribution in [2.45, 2.75) is 32.9 Å². The molecule has 1 aliphatic heterocycles. The smallest absolute Gasteiger partial charge is 0.410 e. The molecule has 0 unspecified atom stereocenters. The lowest BCUT2D eigenvalue weighted by molar-refractivity contribution is 0.0186. The van der Waals surface area contributed by atoms with Crippen LogP contribution in [0.1, 0.15) is 20.8 Å². The summed E-state index contributed by atoms with van der Waals surface area (Å²) in [6.45, 7) is 9.47. The number of amides is 1. The minimum atomic E-state index is -0.470. The summed E-state index contributed by atoms with van der Waals surface area (Å²) in [5.41, 5.74) is 5.56. The Kier molecular flexibility index (Phi) is 7.77. The minimum Gasteiger partial charge on any atom is -0.444 e. The molecule has 2 rings (SSSR count). The first-order chi connectivity index (χ1) is 10.8. The molecule has 1 aromatic rings. The Labute approximate surface area is 160 Å². The molecule has 136 valence electrons. The predicted molar refractivity (Wildman–Crippen MR) is 104 cm³/mol. The average Bonchev–Trinajstić information content (AvgIpc) is 2.99. The number of guanidine groups is 1. The maximum absolute atomic E-state index is 12.0. The van der Waals surface area contributed by atoms with Crippen molar-refractivity contribution in [3.05, 3.63) is 18.7 Å². The van der Waals surface area contributed by atoms with E-state index in [0.29, 0.717) is 38.7 Å². The number of aromatic nitrogens is 2. The Morgan fingerprint density at radius 2 is 1.88 bits per heavy atom. The Bertz CT molecular complexity index is 533. The van der Waals surface area contributed by atoms with Crippen LogP contribution >= 0.6 is 24.0 Å². The van der Waals surface area contributed by atoms with E-state index in [-0.39, 0.29) is 30.1 Å². The second kappa shape index (κ2) is 9.09. The summed E-state index contributed by atoms with van der Waals surface area (Å²) in [4.78, 5) is 24.1. The van der Waals surface area contributed by atoms with Crippen LogP contribution in [0.5, 0.6) is 0 Å². The lowest BCUT2D eigenvalue weighted by Gasteiger charge is -2.36. The summed E-state index contributed by atoms with van der Waals surface area (Å²) in [7, 11) is 0. The number of carbonyl (C=O) groups excluding carboxylic acids is 1. The number of carbonyl (C=O) groups is 1. The van der Waals surface area contributed by atoms with Crippen LogP contribution in [0.3, 0.4) is 0 Å². The van der Waals surface area contributed by atoms with E-state index in [1.165, 1.54) is 0 Å². The van der Waals surface area contributed by atoms with Gasteiger partial charge in [-0.2, -0.15) is 0 Å². The largest absolute Gasteiger partial charge is 0.444 e.